The first-order chi connectivity index (χ1) is 7.21. The van der Waals surface area contributed by atoms with Crippen LogP contribution in [0, 0.1) is 0 Å². The quantitative estimate of drug-likeness (QED) is 0.341. The average Bonchev–Trinajstić information content (AvgIpc) is 2.06. The summed E-state index contributed by atoms with van der Waals surface area (Å²) in [6, 6.07) is 0. The number of hydrogen-bond acceptors (Lipinski definition) is 8. The van der Waals surface area contributed by atoms with Crippen LogP contribution in [0.15, 0.2) is 0 Å². The van der Waals surface area contributed by atoms with Crippen molar-refractivity contribution in [2.24, 2.45) is 0 Å². The minimum atomic E-state index is -4.40. The molecule has 0 spiro atoms. The molecule has 98 valence electrons. The minimum absolute atomic E-state index is 0.185. The van der Waals surface area contributed by atoms with Crippen molar-refractivity contribution in [3.8, 4) is 0 Å². The Kier molecular flexibility index (Phi) is 7.92. The second-order valence-corrected chi connectivity index (χ2v) is 7.03. The molecule has 0 radical (unpaired) electrons. The van der Waals surface area contributed by atoms with Crippen molar-refractivity contribution in [1.82, 2.24) is 0 Å². The summed E-state index contributed by atoms with van der Waals surface area (Å²) < 4.78 is 64.7. The molecule has 0 saturated heterocycles. The first kappa shape index (κ1) is 16.4. The van der Waals surface area contributed by atoms with E-state index < -0.39 is 20.8 Å². The first-order valence-corrected chi connectivity index (χ1v) is 8.90. The summed E-state index contributed by atoms with van der Waals surface area (Å²) in [5.41, 5.74) is 0. The van der Waals surface area contributed by atoms with E-state index in [-0.39, 0.29) is 24.7 Å². The van der Waals surface area contributed by atoms with Crippen LogP contribution >= 0.6 is 21.6 Å². The Hall–Kier alpha value is 0.440. The van der Waals surface area contributed by atoms with Crippen LogP contribution in [-0.4, -0.2) is 50.7 Å². The highest BCUT2D eigenvalue weighted by atomic mass is 33.1. The maximum atomic E-state index is 10.1. The molecule has 0 aromatic rings. The van der Waals surface area contributed by atoms with E-state index in [1.807, 2.05) is 0 Å². The zero-order chi connectivity index (χ0) is 12.7. The molecule has 2 N–H and O–H groups in total. The molecule has 0 aliphatic rings. The maximum absolute atomic E-state index is 10.1. The molecule has 12 heteroatoms. The second kappa shape index (κ2) is 7.71. The van der Waals surface area contributed by atoms with Gasteiger partial charge in [-0.05, 0) is 0 Å². The molecule has 0 aromatic heterocycles. The fourth-order valence-electron chi connectivity index (χ4n) is 0.465. The fourth-order valence-corrected chi connectivity index (χ4v) is 2.92. The molecule has 0 heterocycles. The fraction of sp³-hybridized carbons (Fsp3) is 1.00. The molecule has 16 heavy (non-hydrogen) atoms. The van der Waals surface area contributed by atoms with Crippen LogP contribution in [0.2, 0.25) is 0 Å². The van der Waals surface area contributed by atoms with Crippen LogP contribution < -0.4 is 0 Å². The van der Waals surface area contributed by atoms with E-state index in [4.69, 9.17) is 9.11 Å². The van der Waals surface area contributed by atoms with E-state index in [9.17, 15) is 16.8 Å². The van der Waals surface area contributed by atoms with E-state index in [1.54, 1.807) is 0 Å². The molecule has 0 unspecified atom stereocenters. The van der Waals surface area contributed by atoms with Gasteiger partial charge in [0.2, 0.25) is 0 Å². The lowest BCUT2D eigenvalue weighted by Crippen LogP contribution is -2.07. The molecular formula is C4H10O8S4. The monoisotopic (exact) mass is 314 g/mol. The second-order valence-electron chi connectivity index (χ2n) is 2.14. The molecule has 0 rings (SSSR count). The molecule has 0 fully saturated rings. The molecular weight excluding hydrogens is 304 g/mol. The van der Waals surface area contributed by atoms with Crippen LogP contribution in [0.3, 0.4) is 0 Å². The van der Waals surface area contributed by atoms with E-state index >= 15 is 0 Å². The Balaban J connectivity index is 3.29. The standard InChI is InChI=1S/C4H10O8S4/c5-15(6,7)11-1-3-13-14-4-2-12-16(8,9)10/h1-4H2,(H,5,6,7)(H,8,9,10). The summed E-state index contributed by atoms with van der Waals surface area (Å²) in [4.78, 5) is 0. The predicted octanol–water partition coefficient (Wildman–Crippen LogP) is 0.00660. The Morgan fingerprint density at radius 1 is 0.812 bits per heavy atom. The van der Waals surface area contributed by atoms with E-state index in [0.29, 0.717) is 0 Å². The van der Waals surface area contributed by atoms with Gasteiger partial charge in [0, 0.05) is 11.5 Å². The van der Waals surface area contributed by atoms with Gasteiger partial charge >= 0.3 is 20.8 Å². The molecule has 0 aliphatic heterocycles. The van der Waals surface area contributed by atoms with Crippen molar-refractivity contribution in [3.63, 3.8) is 0 Å². The topological polar surface area (TPSA) is 127 Å². The summed E-state index contributed by atoms with van der Waals surface area (Å²) in [6.07, 6.45) is 0. The van der Waals surface area contributed by atoms with Crippen molar-refractivity contribution >= 4 is 42.4 Å². The van der Waals surface area contributed by atoms with Crippen LogP contribution in [-0.2, 0) is 29.2 Å². The maximum Gasteiger partial charge on any atom is 0.397 e. The lowest BCUT2D eigenvalue weighted by atomic mass is 10.9. The SMILES string of the molecule is O=S(=O)(O)OCCSSCCOS(=O)(=O)O. The van der Waals surface area contributed by atoms with Crippen LogP contribution in [0.4, 0.5) is 0 Å². The van der Waals surface area contributed by atoms with E-state index in [0.717, 1.165) is 0 Å². The summed E-state index contributed by atoms with van der Waals surface area (Å²) in [6.45, 7) is -0.370. The Morgan fingerprint density at radius 3 is 1.38 bits per heavy atom. The molecule has 0 bridgehead atoms. The highest BCUT2D eigenvalue weighted by molar-refractivity contribution is 8.76. The summed E-state index contributed by atoms with van der Waals surface area (Å²) in [5, 5.41) is 0. The highest BCUT2D eigenvalue weighted by Crippen LogP contribution is 2.20. The normalized spacial score (nSPS) is 12.9. The summed E-state index contributed by atoms with van der Waals surface area (Å²) in [5.74, 6) is 0.576. The van der Waals surface area contributed by atoms with Crippen molar-refractivity contribution in [2.45, 2.75) is 0 Å². The van der Waals surface area contributed by atoms with Crippen LogP contribution in [0.1, 0.15) is 0 Å². The third-order valence-corrected chi connectivity index (χ3v) is 4.14. The van der Waals surface area contributed by atoms with Gasteiger partial charge in [-0.3, -0.25) is 9.11 Å². The van der Waals surface area contributed by atoms with Crippen LogP contribution in [0.25, 0.3) is 0 Å². The highest BCUT2D eigenvalue weighted by Gasteiger charge is 2.04. The average molecular weight is 314 g/mol. The van der Waals surface area contributed by atoms with Gasteiger partial charge < -0.3 is 0 Å². The predicted molar refractivity (Wildman–Crippen MR) is 59.9 cm³/mol. The van der Waals surface area contributed by atoms with Crippen molar-refractivity contribution in [2.75, 3.05) is 24.7 Å². The number of hydrogen-bond donors (Lipinski definition) is 2. The van der Waals surface area contributed by atoms with Gasteiger partial charge in [0.05, 0.1) is 13.2 Å². The molecule has 0 aromatic carbocycles. The lowest BCUT2D eigenvalue weighted by molar-refractivity contribution is 0.283. The van der Waals surface area contributed by atoms with E-state index in [2.05, 4.69) is 8.37 Å². The van der Waals surface area contributed by atoms with Crippen molar-refractivity contribution < 1.29 is 34.3 Å². The third-order valence-electron chi connectivity index (χ3n) is 0.881. The first-order valence-electron chi connectivity index (χ1n) is 3.69. The molecule has 0 saturated carbocycles. The minimum Gasteiger partial charge on any atom is -0.264 e. The smallest absolute Gasteiger partial charge is 0.264 e. The summed E-state index contributed by atoms with van der Waals surface area (Å²) in [7, 11) is -6.39. The van der Waals surface area contributed by atoms with Gasteiger partial charge in [-0.15, -0.1) is 0 Å². The third kappa shape index (κ3) is 14.4. The molecule has 0 atom stereocenters. The zero-order valence-electron chi connectivity index (χ0n) is 7.81. The Labute approximate surface area is 101 Å². The Bertz CT molecular complexity index is 333. The number of rotatable bonds is 9. The zero-order valence-corrected chi connectivity index (χ0v) is 11.1. The van der Waals surface area contributed by atoms with Gasteiger partial charge in [-0.1, -0.05) is 21.6 Å². The van der Waals surface area contributed by atoms with E-state index in [1.165, 1.54) is 21.6 Å². The molecule has 0 amide bonds. The van der Waals surface area contributed by atoms with Gasteiger partial charge in [0.1, 0.15) is 0 Å². The van der Waals surface area contributed by atoms with Crippen molar-refractivity contribution in [3.05, 3.63) is 0 Å². The van der Waals surface area contributed by atoms with Gasteiger partial charge in [0.25, 0.3) is 0 Å². The van der Waals surface area contributed by atoms with Gasteiger partial charge in [-0.2, -0.15) is 16.8 Å². The molecule has 0 aliphatic carbocycles. The summed E-state index contributed by atoms with van der Waals surface area (Å²) >= 11 is 0. The Morgan fingerprint density at radius 2 is 1.12 bits per heavy atom. The van der Waals surface area contributed by atoms with Crippen LogP contribution in [0.5, 0.6) is 0 Å². The van der Waals surface area contributed by atoms with Crippen molar-refractivity contribution in [1.29, 1.82) is 0 Å². The van der Waals surface area contributed by atoms with Gasteiger partial charge in [0.15, 0.2) is 0 Å². The molecule has 8 nitrogen and oxygen atoms in total. The lowest BCUT2D eigenvalue weighted by Gasteiger charge is -2.00. The van der Waals surface area contributed by atoms with Gasteiger partial charge in [-0.25, -0.2) is 8.37 Å². The largest absolute Gasteiger partial charge is 0.397 e.